The summed E-state index contributed by atoms with van der Waals surface area (Å²) >= 11 is 0. The van der Waals surface area contributed by atoms with Gasteiger partial charge < -0.3 is 10.8 Å². The minimum absolute atomic E-state index is 0.137. The molecule has 0 heterocycles. The van der Waals surface area contributed by atoms with E-state index in [-0.39, 0.29) is 12.5 Å². The Morgan fingerprint density at radius 2 is 2.00 bits per heavy atom. The van der Waals surface area contributed by atoms with Crippen molar-refractivity contribution in [1.82, 2.24) is 4.90 Å². The maximum atomic E-state index is 13.9. The number of alkyl halides is 1. The van der Waals surface area contributed by atoms with Crippen LogP contribution < -0.4 is 5.73 Å². The summed E-state index contributed by atoms with van der Waals surface area (Å²) in [6.07, 6.45) is -0.767. The molecule has 94 valence electrons. The van der Waals surface area contributed by atoms with Gasteiger partial charge in [-0.05, 0) is 40.0 Å². The fourth-order valence-corrected chi connectivity index (χ4v) is 2.35. The molecule has 0 spiro atoms. The molecule has 0 bridgehead atoms. The summed E-state index contributed by atoms with van der Waals surface area (Å²) in [4.78, 5) is 12.4. The third-order valence-corrected chi connectivity index (χ3v) is 3.04. The summed E-state index contributed by atoms with van der Waals surface area (Å²) in [5.74, 6) is 0. The van der Waals surface area contributed by atoms with Crippen molar-refractivity contribution in [1.29, 1.82) is 0 Å². The molecule has 0 radical (unpaired) electrons. The average molecular weight is 232 g/mol. The van der Waals surface area contributed by atoms with Gasteiger partial charge in [0.2, 0.25) is 0 Å². The minimum atomic E-state index is -1.15. The average Bonchev–Trinajstić information content (AvgIpc) is 2.06. The van der Waals surface area contributed by atoms with Gasteiger partial charge in [-0.15, -0.1) is 0 Å². The van der Waals surface area contributed by atoms with E-state index in [0.717, 1.165) is 0 Å². The molecule has 1 amide bonds. The fraction of sp³-hybridized carbons (Fsp3) is 0.909. The van der Waals surface area contributed by atoms with Crippen LogP contribution in [-0.4, -0.2) is 39.9 Å². The van der Waals surface area contributed by atoms with Gasteiger partial charge in [0, 0.05) is 11.6 Å². The molecule has 3 atom stereocenters. The Kier molecular flexibility index (Phi) is 3.78. The maximum Gasteiger partial charge on any atom is 0.408 e. The lowest BCUT2D eigenvalue weighted by atomic mass is 9.87. The summed E-state index contributed by atoms with van der Waals surface area (Å²) in [5, 5.41) is 9.17. The third-order valence-electron chi connectivity index (χ3n) is 3.04. The van der Waals surface area contributed by atoms with E-state index in [1.54, 1.807) is 20.8 Å². The van der Waals surface area contributed by atoms with E-state index in [1.165, 1.54) is 4.90 Å². The summed E-state index contributed by atoms with van der Waals surface area (Å²) in [7, 11) is 0. The lowest BCUT2D eigenvalue weighted by Crippen LogP contribution is -2.57. The highest BCUT2D eigenvalue weighted by molar-refractivity contribution is 5.66. The Labute approximate surface area is 95.6 Å². The van der Waals surface area contributed by atoms with Crippen LogP contribution in [0.4, 0.5) is 9.18 Å². The molecule has 4 nitrogen and oxygen atoms in total. The Morgan fingerprint density at radius 1 is 1.44 bits per heavy atom. The summed E-state index contributed by atoms with van der Waals surface area (Å²) in [6.45, 7) is 5.34. The zero-order chi connectivity index (χ0) is 12.5. The van der Waals surface area contributed by atoms with E-state index >= 15 is 0 Å². The first-order chi connectivity index (χ1) is 7.23. The second-order valence-electron chi connectivity index (χ2n) is 5.48. The lowest BCUT2D eigenvalue weighted by Gasteiger charge is -2.43. The standard InChI is InChI=1S/C11H21FN2O2/c1-11(2,3)14(10(15)16)9-5-4-7(13)6-8(9)12/h7-9H,4-6,13H2,1-3H3,(H,15,16)/t7-,8-,9+/m1/s1. The van der Waals surface area contributed by atoms with Gasteiger partial charge in [0.1, 0.15) is 6.17 Å². The molecule has 1 aliphatic rings. The first-order valence-corrected chi connectivity index (χ1v) is 5.65. The molecular formula is C11H21FN2O2. The molecule has 1 aliphatic carbocycles. The van der Waals surface area contributed by atoms with Crippen molar-refractivity contribution in [2.24, 2.45) is 5.73 Å². The number of nitrogens with two attached hydrogens (primary N) is 1. The van der Waals surface area contributed by atoms with Crippen LogP contribution in [-0.2, 0) is 0 Å². The van der Waals surface area contributed by atoms with Crippen LogP contribution in [0.2, 0.25) is 0 Å². The van der Waals surface area contributed by atoms with Gasteiger partial charge in [-0.3, -0.25) is 4.90 Å². The third kappa shape index (κ3) is 2.84. The van der Waals surface area contributed by atoms with Gasteiger partial charge in [-0.1, -0.05) is 0 Å². The highest BCUT2D eigenvalue weighted by atomic mass is 19.1. The second-order valence-corrected chi connectivity index (χ2v) is 5.48. The van der Waals surface area contributed by atoms with Crippen molar-refractivity contribution in [3.63, 3.8) is 0 Å². The van der Waals surface area contributed by atoms with Gasteiger partial charge in [0.15, 0.2) is 0 Å². The molecule has 0 aromatic heterocycles. The molecule has 16 heavy (non-hydrogen) atoms. The van der Waals surface area contributed by atoms with Gasteiger partial charge in [-0.25, -0.2) is 9.18 Å². The number of carboxylic acid groups (broad SMARTS) is 1. The summed E-state index contributed by atoms with van der Waals surface area (Å²) in [5.41, 5.74) is 5.09. The number of nitrogens with zero attached hydrogens (tertiary/aromatic N) is 1. The normalized spacial score (nSPS) is 31.2. The lowest BCUT2D eigenvalue weighted by molar-refractivity contribution is 0.0170. The van der Waals surface area contributed by atoms with Crippen LogP contribution in [0, 0.1) is 0 Å². The second kappa shape index (κ2) is 4.57. The molecule has 0 aromatic carbocycles. The van der Waals surface area contributed by atoms with Gasteiger partial charge in [-0.2, -0.15) is 0 Å². The molecule has 3 N–H and O–H groups in total. The molecule has 1 rings (SSSR count). The van der Waals surface area contributed by atoms with Crippen molar-refractivity contribution in [2.45, 2.75) is 63.8 Å². The van der Waals surface area contributed by atoms with E-state index in [9.17, 15) is 14.3 Å². The van der Waals surface area contributed by atoms with Crippen molar-refractivity contribution in [3.8, 4) is 0 Å². The Bertz CT molecular complexity index is 265. The Balaban J connectivity index is 2.83. The van der Waals surface area contributed by atoms with Crippen LogP contribution >= 0.6 is 0 Å². The van der Waals surface area contributed by atoms with Crippen LogP contribution in [0.5, 0.6) is 0 Å². The van der Waals surface area contributed by atoms with E-state index < -0.39 is 23.8 Å². The molecule has 0 aromatic rings. The molecular weight excluding hydrogens is 211 g/mol. The summed E-state index contributed by atoms with van der Waals surface area (Å²) in [6, 6.07) is -0.695. The molecule has 1 saturated carbocycles. The first-order valence-electron chi connectivity index (χ1n) is 5.65. The molecule has 0 aliphatic heterocycles. The quantitative estimate of drug-likeness (QED) is 0.726. The largest absolute Gasteiger partial charge is 0.465 e. The van der Waals surface area contributed by atoms with Crippen LogP contribution in [0.1, 0.15) is 40.0 Å². The predicted molar refractivity (Wildman–Crippen MR) is 60.1 cm³/mol. The minimum Gasteiger partial charge on any atom is -0.465 e. The Hall–Kier alpha value is -0.840. The molecule has 0 unspecified atom stereocenters. The highest BCUT2D eigenvalue weighted by Gasteiger charge is 2.40. The van der Waals surface area contributed by atoms with Crippen molar-refractivity contribution in [2.75, 3.05) is 0 Å². The van der Waals surface area contributed by atoms with E-state index in [0.29, 0.717) is 12.8 Å². The fourth-order valence-electron chi connectivity index (χ4n) is 2.35. The van der Waals surface area contributed by atoms with Crippen LogP contribution in [0.25, 0.3) is 0 Å². The van der Waals surface area contributed by atoms with E-state index in [1.807, 2.05) is 0 Å². The topological polar surface area (TPSA) is 66.6 Å². The van der Waals surface area contributed by atoms with Crippen molar-refractivity contribution in [3.05, 3.63) is 0 Å². The van der Waals surface area contributed by atoms with Crippen LogP contribution in [0.3, 0.4) is 0 Å². The van der Waals surface area contributed by atoms with Crippen molar-refractivity contribution < 1.29 is 14.3 Å². The maximum absolute atomic E-state index is 13.9. The SMILES string of the molecule is CC(C)(C)N(C(=O)O)[C@H]1CC[C@@H](N)C[C@H]1F. The van der Waals surface area contributed by atoms with Crippen molar-refractivity contribution >= 4 is 6.09 Å². The molecule has 1 fully saturated rings. The zero-order valence-electron chi connectivity index (χ0n) is 10.1. The molecule has 5 heteroatoms. The number of hydrogen-bond acceptors (Lipinski definition) is 2. The zero-order valence-corrected chi connectivity index (χ0v) is 10.1. The van der Waals surface area contributed by atoms with Gasteiger partial charge in [0.05, 0.1) is 6.04 Å². The van der Waals surface area contributed by atoms with Crippen LogP contribution in [0.15, 0.2) is 0 Å². The predicted octanol–water partition coefficient (Wildman–Crippen LogP) is 1.98. The number of hydrogen-bond donors (Lipinski definition) is 2. The van der Waals surface area contributed by atoms with Gasteiger partial charge in [0.25, 0.3) is 0 Å². The first kappa shape index (κ1) is 13.2. The highest BCUT2D eigenvalue weighted by Crippen LogP contribution is 2.30. The van der Waals surface area contributed by atoms with Gasteiger partial charge >= 0.3 is 6.09 Å². The molecule has 0 saturated heterocycles. The number of carbonyl (C=O) groups is 1. The number of amides is 1. The number of halogens is 1. The monoisotopic (exact) mass is 232 g/mol. The summed E-state index contributed by atoms with van der Waals surface area (Å²) < 4.78 is 13.9. The van der Waals surface area contributed by atoms with E-state index in [2.05, 4.69) is 0 Å². The van der Waals surface area contributed by atoms with E-state index in [4.69, 9.17) is 5.73 Å². The smallest absolute Gasteiger partial charge is 0.408 e. The Morgan fingerprint density at radius 3 is 2.38 bits per heavy atom. The number of rotatable bonds is 1.